The standard InChI is InChI=1S/C23H19FN2O4S/c1-13-8-10-31-22(13)19-18(20(27)16-11-14(24)6-7-17(16)30-2)21(28)23(29)26(19)12-15-5-3-4-9-25-15/h3-11,19,27H,12H2,1-2H3/b20-18+. The summed E-state index contributed by atoms with van der Waals surface area (Å²) >= 11 is 1.38. The minimum absolute atomic E-state index is 0.0116. The number of methoxy groups -OCH3 is 1. The molecule has 1 aliphatic rings. The van der Waals surface area contributed by atoms with Crippen molar-refractivity contribution < 1.29 is 23.8 Å². The third kappa shape index (κ3) is 3.70. The summed E-state index contributed by atoms with van der Waals surface area (Å²) in [7, 11) is 1.38. The Balaban J connectivity index is 1.91. The van der Waals surface area contributed by atoms with Crippen molar-refractivity contribution in [3.05, 3.63) is 87.1 Å². The number of aromatic nitrogens is 1. The number of benzene rings is 1. The fourth-order valence-electron chi connectivity index (χ4n) is 3.66. The number of ether oxygens (including phenoxy) is 1. The maximum absolute atomic E-state index is 13.9. The van der Waals surface area contributed by atoms with Crippen LogP contribution in [0.2, 0.25) is 0 Å². The number of nitrogens with zero attached hydrogens (tertiary/aromatic N) is 2. The zero-order chi connectivity index (χ0) is 22.1. The minimum atomic E-state index is -0.836. The Labute approximate surface area is 182 Å². The highest BCUT2D eigenvalue weighted by atomic mass is 32.1. The second kappa shape index (κ2) is 8.31. The van der Waals surface area contributed by atoms with E-state index in [1.807, 2.05) is 18.4 Å². The van der Waals surface area contributed by atoms with Crippen LogP contribution in [0.25, 0.3) is 5.76 Å². The number of likely N-dealkylation sites (tertiary alicyclic amines) is 1. The van der Waals surface area contributed by atoms with E-state index in [0.717, 1.165) is 16.5 Å². The summed E-state index contributed by atoms with van der Waals surface area (Å²) in [5.74, 6) is -2.47. The van der Waals surface area contributed by atoms with Crippen LogP contribution >= 0.6 is 11.3 Å². The van der Waals surface area contributed by atoms with E-state index in [1.165, 1.54) is 35.5 Å². The zero-order valence-electron chi connectivity index (χ0n) is 16.8. The lowest BCUT2D eigenvalue weighted by atomic mass is 9.98. The van der Waals surface area contributed by atoms with Crippen LogP contribution in [0.15, 0.2) is 59.6 Å². The van der Waals surface area contributed by atoms with E-state index in [-0.39, 0.29) is 23.4 Å². The molecule has 1 atom stereocenters. The van der Waals surface area contributed by atoms with Crippen molar-refractivity contribution in [2.45, 2.75) is 19.5 Å². The number of carbonyl (C=O) groups excluding carboxylic acids is 2. The Bertz CT molecular complexity index is 1190. The van der Waals surface area contributed by atoms with E-state index in [0.29, 0.717) is 5.69 Å². The summed E-state index contributed by atoms with van der Waals surface area (Å²) in [5.41, 5.74) is 1.39. The van der Waals surface area contributed by atoms with Crippen LogP contribution in [0.4, 0.5) is 4.39 Å². The van der Waals surface area contributed by atoms with Crippen molar-refractivity contribution in [1.29, 1.82) is 0 Å². The highest BCUT2D eigenvalue weighted by molar-refractivity contribution is 7.10. The van der Waals surface area contributed by atoms with Gasteiger partial charge < -0.3 is 14.7 Å². The molecule has 2 aromatic heterocycles. The van der Waals surface area contributed by atoms with Crippen molar-refractivity contribution in [2.75, 3.05) is 7.11 Å². The molecule has 8 heteroatoms. The summed E-state index contributed by atoms with van der Waals surface area (Å²) in [5, 5.41) is 13.0. The fraction of sp³-hybridized carbons (Fsp3) is 0.174. The predicted molar refractivity (Wildman–Crippen MR) is 114 cm³/mol. The number of carbonyl (C=O) groups is 2. The zero-order valence-corrected chi connectivity index (χ0v) is 17.6. The van der Waals surface area contributed by atoms with E-state index < -0.39 is 29.3 Å². The Morgan fingerprint density at radius 2 is 2.06 bits per heavy atom. The summed E-state index contributed by atoms with van der Waals surface area (Å²) in [6.45, 7) is 1.96. The van der Waals surface area contributed by atoms with Gasteiger partial charge in [0.05, 0.1) is 30.5 Å². The Kier molecular flexibility index (Phi) is 5.56. The maximum atomic E-state index is 13.9. The molecule has 1 aliphatic heterocycles. The number of thiophene rings is 1. The minimum Gasteiger partial charge on any atom is -0.507 e. The SMILES string of the molecule is COc1ccc(F)cc1/C(O)=C1\C(=O)C(=O)N(Cc2ccccn2)C1c1sccc1C. The second-order valence-corrected chi connectivity index (χ2v) is 8.01. The van der Waals surface area contributed by atoms with Crippen LogP contribution in [0.3, 0.4) is 0 Å². The molecule has 1 saturated heterocycles. The van der Waals surface area contributed by atoms with E-state index in [9.17, 15) is 19.1 Å². The van der Waals surface area contributed by atoms with Gasteiger partial charge >= 0.3 is 0 Å². The first-order valence-electron chi connectivity index (χ1n) is 9.48. The molecular weight excluding hydrogens is 419 g/mol. The monoisotopic (exact) mass is 438 g/mol. The van der Waals surface area contributed by atoms with E-state index >= 15 is 0 Å². The van der Waals surface area contributed by atoms with E-state index in [2.05, 4.69) is 4.98 Å². The van der Waals surface area contributed by atoms with Crippen LogP contribution in [-0.4, -0.2) is 33.8 Å². The third-order valence-corrected chi connectivity index (χ3v) is 6.24. The van der Waals surface area contributed by atoms with Gasteiger partial charge in [-0.25, -0.2) is 4.39 Å². The van der Waals surface area contributed by atoms with Crippen LogP contribution in [0, 0.1) is 12.7 Å². The maximum Gasteiger partial charge on any atom is 0.296 e. The number of ketones is 1. The molecule has 6 nitrogen and oxygen atoms in total. The number of halogens is 1. The Hall–Kier alpha value is -3.52. The van der Waals surface area contributed by atoms with Gasteiger partial charge in [0.15, 0.2) is 0 Å². The number of pyridine rings is 1. The number of amides is 1. The van der Waals surface area contributed by atoms with Gasteiger partial charge in [-0.1, -0.05) is 6.07 Å². The molecular formula is C23H19FN2O4S. The normalized spacial score (nSPS) is 17.9. The van der Waals surface area contributed by atoms with Crippen LogP contribution in [0.1, 0.15) is 27.7 Å². The molecule has 0 saturated carbocycles. The molecule has 0 spiro atoms. The first-order valence-corrected chi connectivity index (χ1v) is 10.4. The number of aryl methyl sites for hydroxylation is 1. The molecule has 158 valence electrons. The van der Waals surface area contributed by atoms with Gasteiger partial charge in [0.1, 0.15) is 23.4 Å². The van der Waals surface area contributed by atoms with Crippen LogP contribution in [-0.2, 0) is 16.1 Å². The molecule has 1 fully saturated rings. The Morgan fingerprint density at radius 3 is 2.71 bits per heavy atom. The van der Waals surface area contributed by atoms with Gasteiger partial charge in [0.25, 0.3) is 11.7 Å². The molecule has 1 aromatic carbocycles. The topological polar surface area (TPSA) is 79.7 Å². The Morgan fingerprint density at radius 1 is 1.26 bits per heavy atom. The van der Waals surface area contributed by atoms with Crippen molar-refractivity contribution in [3.8, 4) is 5.75 Å². The lowest BCUT2D eigenvalue weighted by Gasteiger charge is -2.24. The highest BCUT2D eigenvalue weighted by Crippen LogP contribution is 2.44. The van der Waals surface area contributed by atoms with Crippen molar-refractivity contribution in [1.82, 2.24) is 9.88 Å². The molecule has 1 unspecified atom stereocenters. The molecule has 4 rings (SSSR count). The van der Waals surface area contributed by atoms with Crippen molar-refractivity contribution in [2.24, 2.45) is 0 Å². The molecule has 0 aliphatic carbocycles. The van der Waals surface area contributed by atoms with Crippen molar-refractivity contribution >= 4 is 28.8 Å². The number of aliphatic hydroxyl groups excluding tert-OH is 1. The highest BCUT2D eigenvalue weighted by Gasteiger charge is 2.47. The first kappa shape index (κ1) is 20.7. The number of aliphatic hydroxyl groups is 1. The van der Waals surface area contributed by atoms with Gasteiger partial charge in [0, 0.05) is 11.1 Å². The first-order chi connectivity index (χ1) is 14.9. The van der Waals surface area contributed by atoms with Gasteiger partial charge in [-0.05, 0) is 54.3 Å². The quantitative estimate of drug-likeness (QED) is 0.367. The van der Waals surface area contributed by atoms with Crippen LogP contribution in [0.5, 0.6) is 5.75 Å². The number of Topliss-reactive ketones (excluding diaryl/α,β-unsaturated/α-hetero) is 1. The lowest BCUT2D eigenvalue weighted by Crippen LogP contribution is -2.29. The second-order valence-electron chi connectivity index (χ2n) is 7.06. The largest absolute Gasteiger partial charge is 0.507 e. The number of rotatable bonds is 5. The molecule has 0 bridgehead atoms. The molecule has 0 radical (unpaired) electrons. The van der Waals surface area contributed by atoms with Gasteiger partial charge in [-0.3, -0.25) is 14.6 Å². The smallest absolute Gasteiger partial charge is 0.296 e. The molecule has 31 heavy (non-hydrogen) atoms. The molecule has 1 N–H and O–H groups in total. The van der Waals surface area contributed by atoms with E-state index in [1.54, 1.807) is 24.4 Å². The average Bonchev–Trinajstić information content (AvgIpc) is 3.30. The summed E-state index contributed by atoms with van der Waals surface area (Å²) < 4.78 is 19.2. The number of hydrogen-bond acceptors (Lipinski definition) is 6. The average molecular weight is 438 g/mol. The lowest BCUT2D eigenvalue weighted by molar-refractivity contribution is -0.140. The molecule has 3 heterocycles. The summed E-state index contributed by atoms with van der Waals surface area (Å²) in [4.78, 5) is 32.4. The molecule has 1 amide bonds. The van der Waals surface area contributed by atoms with Crippen LogP contribution < -0.4 is 4.74 Å². The third-order valence-electron chi connectivity index (χ3n) is 5.17. The summed E-state index contributed by atoms with van der Waals surface area (Å²) in [6.07, 6.45) is 1.61. The van der Waals surface area contributed by atoms with Gasteiger partial charge in [-0.15, -0.1) is 11.3 Å². The van der Waals surface area contributed by atoms with Crippen molar-refractivity contribution in [3.63, 3.8) is 0 Å². The van der Waals surface area contributed by atoms with E-state index in [4.69, 9.17) is 4.74 Å². The fourth-order valence-corrected chi connectivity index (χ4v) is 4.70. The van der Waals surface area contributed by atoms with Gasteiger partial charge in [-0.2, -0.15) is 0 Å². The van der Waals surface area contributed by atoms with Gasteiger partial charge in [0.2, 0.25) is 0 Å². The summed E-state index contributed by atoms with van der Waals surface area (Å²) in [6, 6.07) is 10.00. The number of hydrogen-bond donors (Lipinski definition) is 1. The molecule has 3 aromatic rings. The predicted octanol–water partition coefficient (Wildman–Crippen LogP) is 4.22.